The van der Waals surface area contributed by atoms with Gasteiger partial charge < -0.3 is 5.32 Å². The summed E-state index contributed by atoms with van der Waals surface area (Å²) in [5.41, 5.74) is 5.34. The third kappa shape index (κ3) is 2.85. The van der Waals surface area contributed by atoms with Crippen LogP contribution in [0.1, 0.15) is 27.6 Å². The fourth-order valence-corrected chi connectivity index (χ4v) is 4.44. The average Bonchev–Trinajstić information content (AvgIpc) is 2.82. The van der Waals surface area contributed by atoms with Gasteiger partial charge in [0.1, 0.15) is 5.82 Å². The first-order valence-electron chi connectivity index (χ1n) is 8.27. The Morgan fingerprint density at radius 3 is 2.56 bits per heavy atom. The van der Waals surface area contributed by atoms with E-state index in [1.807, 2.05) is 48.0 Å². The van der Waals surface area contributed by atoms with Gasteiger partial charge in [-0.2, -0.15) is 5.10 Å². The van der Waals surface area contributed by atoms with Gasteiger partial charge in [-0.15, -0.1) is 11.8 Å². The maximum absolute atomic E-state index is 12.3. The second-order valence-corrected chi connectivity index (χ2v) is 7.29. The standard InChI is InChI=1S/C20H19N3OS/c1-13-8-6-7-11-16(13)23-20-18(14(2)22-23)19(25-12-17(24)21-20)15-9-4-3-5-10-15/h3-11,19H,12H2,1-2H3,(H,21,24). The molecule has 1 aromatic heterocycles. The van der Waals surface area contributed by atoms with Crippen molar-refractivity contribution in [2.75, 3.05) is 11.1 Å². The van der Waals surface area contributed by atoms with Crippen LogP contribution in [0.3, 0.4) is 0 Å². The summed E-state index contributed by atoms with van der Waals surface area (Å²) in [4.78, 5) is 12.3. The third-order valence-electron chi connectivity index (χ3n) is 4.45. The normalized spacial score (nSPS) is 16.9. The highest BCUT2D eigenvalue weighted by atomic mass is 32.2. The van der Waals surface area contributed by atoms with Crippen LogP contribution in [0.2, 0.25) is 0 Å². The van der Waals surface area contributed by atoms with Crippen LogP contribution in [0.25, 0.3) is 5.69 Å². The lowest BCUT2D eigenvalue weighted by Gasteiger charge is -2.15. The van der Waals surface area contributed by atoms with Crippen LogP contribution in [0, 0.1) is 13.8 Å². The number of hydrogen-bond donors (Lipinski definition) is 1. The van der Waals surface area contributed by atoms with E-state index in [1.165, 1.54) is 5.56 Å². The van der Waals surface area contributed by atoms with Gasteiger partial charge in [0.05, 0.1) is 22.4 Å². The highest BCUT2D eigenvalue weighted by Gasteiger charge is 2.30. The van der Waals surface area contributed by atoms with Gasteiger partial charge in [-0.25, -0.2) is 4.68 Å². The molecule has 3 aromatic rings. The number of carbonyl (C=O) groups is 1. The first-order chi connectivity index (χ1) is 12.1. The smallest absolute Gasteiger partial charge is 0.235 e. The van der Waals surface area contributed by atoms with Gasteiger partial charge in [-0.3, -0.25) is 4.79 Å². The molecule has 2 heterocycles. The number of benzene rings is 2. The van der Waals surface area contributed by atoms with Crippen LogP contribution in [0.5, 0.6) is 0 Å². The topological polar surface area (TPSA) is 46.9 Å². The number of amides is 1. The molecule has 5 heteroatoms. The van der Waals surface area contributed by atoms with Gasteiger partial charge in [0.15, 0.2) is 0 Å². The van der Waals surface area contributed by atoms with E-state index in [0.717, 1.165) is 28.3 Å². The summed E-state index contributed by atoms with van der Waals surface area (Å²) in [6.07, 6.45) is 0. The quantitative estimate of drug-likeness (QED) is 0.752. The van der Waals surface area contributed by atoms with E-state index < -0.39 is 0 Å². The van der Waals surface area contributed by atoms with Gasteiger partial charge >= 0.3 is 0 Å². The lowest BCUT2D eigenvalue weighted by molar-refractivity contribution is -0.113. The molecule has 1 aliphatic heterocycles. The molecule has 126 valence electrons. The van der Waals surface area contributed by atoms with Crippen molar-refractivity contribution in [2.24, 2.45) is 0 Å². The van der Waals surface area contributed by atoms with E-state index in [2.05, 4.69) is 30.4 Å². The van der Waals surface area contributed by atoms with E-state index in [4.69, 9.17) is 5.10 Å². The summed E-state index contributed by atoms with van der Waals surface area (Å²) in [5.74, 6) is 1.23. The number of nitrogens with one attached hydrogen (secondary N) is 1. The Bertz CT molecular complexity index is 933. The van der Waals surface area contributed by atoms with Crippen molar-refractivity contribution >= 4 is 23.5 Å². The molecule has 0 radical (unpaired) electrons. The molecule has 0 spiro atoms. The monoisotopic (exact) mass is 349 g/mol. The fraction of sp³-hybridized carbons (Fsp3) is 0.200. The second kappa shape index (κ2) is 6.41. The number of hydrogen-bond acceptors (Lipinski definition) is 3. The number of rotatable bonds is 2. The fourth-order valence-electron chi connectivity index (χ4n) is 3.25. The third-order valence-corrected chi connectivity index (χ3v) is 5.72. The Morgan fingerprint density at radius 1 is 1.08 bits per heavy atom. The number of carbonyl (C=O) groups excluding carboxylic acids is 1. The molecule has 0 saturated heterocycles. The summed E-state index contributed by atoms with van der Waals surface area (Å²) in [6, 6.07) is 18.4. The molecule has 1 N–H and O–H groups in total. The summed E-state index contributed by atoms with van der Waals surface area (Å²) in [5, 5.41) is 7.93. The Morgan fingerprint density at radius 2 is 1.80 bits per heavy atom. The Balaban J connectivity index is 1.93. The number of para-hydroxylation sites is 1. The summed E-state index contributed by atoms with van der Waals surface area (Å²) >= 11 is 1.65. The Hall–Kier alpha value is -2.53. The maximum atomic E-state index is 12.3. The molecule has 0 bridgehead atoms. The van der Waals surface area contributed by atoms with Crippen molar-refractivity contribution in [2.45, 2.75) is 19.1 Å². The van der Waals surface area contributed by atoms with Crippen molar-refractivity contribution < 1.29 is 4.79 Å². The van der Waals surface area contributed by atoms with E-state index in [0.29, 0.717) is 5.75 Å². The molecular weight excluding hydrogens is 330 g/mol. The number of aromatic nitrogens is 2. The zero-order chi connectivity index (χ0) is 17.4. The van der Waals surface area contributed by atoms with Crippen LogP contribution in [-0.2, 0) is 4.79 Å². The first kappa shape index (κ1) is 16.0. The largest absolute Gasteiger partial charge is 0.310 e. The van der Waals surface area contributed by atoms with Crippen molar-refractivity contribution in [3.63, 3.8) is 0 Å². The minimum atomic E-state index is 0.0133. The van der Waals surface area contributed by atoms with Crippen molar-refractivity contribution in [1.82, 2.24) is 9.78 Å². The Kier molecular flexibility index (Phi) is 4.09. The van der Waals surface area contributed by atoms with E-state index in [1.54, 1.807) is 11.8 Å². The summed E-state index contributed by atoms with van der Waals surface area (Å²) in [6.45, 7) is 4.07. The zero-order valence-corrected chi connectivity index (χ0v) is 15.0. The minimum Gasteiger partial charge on any atom is -0.310 e. The second-order valence-electron chi connectivity index (χ2n) is 6.20. The van der Waals surface area contributed by atoms with E-state index >= 15 is 0 Å². The SMILES string of the molecule is Cc1ccccc1-n1nc(C)c2c1NC(=O)CSC2c1ccccc1. The lowest BCUT2D eigenvalue weighted by Crippen LogP contribution is -2.16. The first-order valence-corrected chi connectivity index (χ1v) is 9.32. The molecule has 1 atom stereocenters. The summed E-state index contributed by atoms with van der Waals surface area (Å²) < 4.78 is 1.87. The molecule has 0 fully saturated rings. The molecule has 2 aromatic carbocycles. The van der Waals surface area contributed by atoms with Crippen molar-refractivity contribution in [1.29, 1.82) is 0 Å². The number of nitrogens with zero attached hydrogens (tertiary/aromatic N) is 2. The molecule has 1 aliphatic rings. The molecule has 4 nitrogen and oxygen atoms in total. The summed E-state index contributed by atoms with van der Waals surface area (Å²) in [7, 11) is 0. The van der Waals surface area contributed by atoms with Crippen LogP contribution in [-0.4, -0.2) is 21.4 Å². The molecule has 4 rings (SSSR count). The van der Waals surface area contributed by atoms with Gasteiger partial charge in [-0.05, 0) is 31.0 Å². The molecule has 25 heavy (non-hydrogen) atoms. The Labute approximate surface area is 151 Å². The predicted molar refractivity (Wildman–Crippen MR) is 102 cm³/mol. The molecule has 1 unspecified atom stereocenters. The minimum absolute atomic E-state index is 0.0133. The number of aryl methyl sites for hydroxylation is 2. The molecule has 1 amide bonds. The number of thioether (sulfide) groups is 1. The van der Waals surface area contributed by atoms with Gasteiger partial charge in [-0.1, -0.05) is 48.5 Å². The maximum Gasteiger partial charge on any atom is 0.235 e. The number of fused-ring (bicyclic) bond motifs is 1. The average molecular weight is 349 g/mol. The molecule has 0 saturated carbocycles. The highest BCUT2D eigenvalue weighted by molar-refractivity contribution is 8.00. The van der Waals surface area contributed by atoms with Gasteiger partial charge in [0.25, 0.3) is 0 Å². The highest BCUT2D eigenvalue weighted by Crippen LogP contribution is 2.43. The van der Waals surface area contributed by atoms with Crippen molar-refractivity contribution in [3.05, 3.63) is 77.0 Å². The van der Waals surface area contributed by atoms with E-state index in [-0.39, 0.29) is 11.2 Å². The molecular formula is C20H19N3OS. The lowest BCUT2D eigenvalue weighted by atomic mass is 10.0. The van der Waals surface area contributed by atoms with Crippen LogP contribution in [0.15, 0.2) is 54.6 Å². The van der Waals surface area contributed by atoms with Crippen LogP contribution < -0.4 is 5.32 Å². The number of anilines is 1. The van der Waals surface area contributed by atoms with Gasteiger partial charge in [0, 0.05) is 5.56 Å². The van der Waals surface area contributed by atoms with E-state index in [9.17, 15) is 4.79 Å². The van der Waals surface area contributed by atoms with Gasteiger partial charge in [0.2, 0.25) is 5.91 Å². The van der Waals surface area contributed by atoms with Crippen LogP contribution >= 0.6 is 11.8 Å². The molecule has 0 aliphatic carbocycles. The predicted octanol–water partition coefficient (Wildman–Crippen LogP) is 4.26. The zero-order valence-electron chi connectivity index (χ0n) is 14.2. The van der Waals surface area contributed by atoms with Crippen LogP contribution in [0.4, 0.5) is 5.82 Å². The van der Waals surface area contributed by atoms with Crippen molar-refractivity contribution in [3.8, 4) is 5.69 Å².